The van der Waals surface area contributed by atoms with Crippen LogP contribution in [0.15, 0.2) is 24.3 Å². The lowest BCUT2D eigenvalue weighted by molar-refractivity contribution is -0.136. The molecule has 1 saturated heterocycles. The average Bonchev–Trinajstić information content (AvgIpc) is 2.96. The van der Waals surface area contributed by atoms with Crippen molar-refractivity contribution in [3.8, 4) is 0 Å². The van der Waals surface area contributed by atoms with Crippen molar-refractivity contribution in [2.75, 3.05) is 32.7 Å². The smallest absolute Gasteiger partial charge is 0.226 e. The first-order chi connectivity index (χ1) is 10.7. The third-order valence-corrected chi connectivity index (χ3v) is 5.18. The van der Waals surface area contributed by atoms with E-state index < -0.39 is 0 Å². The summed E-state index contributed by atoms with van der Waals surface area (Å²) in [6.07, 6.45) is 0. The van der Waals surface area contributed by atoms with E-state index in [-0.39, 0.29) is 11.8 Å². The van der Waals surface area contributed by atoms with Gasteiger partial charge in [0.1, 0.15) is 5.01 Å². The van der Waals surface area contributed by atoms with E-state index >= 15 is 0 Å². The summed E-state index contributed by atoms with van der Waals surface area (Å²) in [5.74, 6) is 0.109. The highest BCUT2D eigenvalue weighted by Crippen LogP contribution is 2.23. The number of hydrogen-bond donors (Lipinski definition) is 1. The molecule has 1 unspecified atom stereocenters. The Morgan fingerprint density at radius 2 is 2.05 bits per heavy atom. The maximum absolute atomic E-state index is 12.1. The van der Waals surface area contributed by atoms with E-state index in [9.17, 15) is 4.79 Å². The fraction of sp³-hybridized carbons (Fsp3) is 0.500. The summed E-state index contributed by atoms with van der Waals surface area (Å²) in [6, 6.07) is 8.24. The first-order valence-corrected chi connectivity index (χ1v) is 8.54. The number of aromatic nitrogens is 1. The number of para-hydroxylation sites is 1. The molecule has 1 aliphatic rings. The molecular weight excluding hydrogens is 296 g/mol. The van der Waals surface area contributed by atoms with Gasteiger partial charge in [-0.1, -0.05) is 19.1 Å². The van der Waals surface area contributed by atoms with Crippen molar-refractivity contribution in [2.45, 2.75) is 13.5 Å². The fourth-order valence-electron chi connectivity index (χ4n) is 2.72. The zero-order valence-electron chi connectivity index (χ0n) is 12.9. The van der Waals surface area contributed by atoms with Crippen LogP contribution in [0, 0.1) is 5.92 Å². The van der Waals surface area contributed by atoms with Crippen LogP contribution in [0.1, 0.15) is 11.9 Å². The van der Waals surface area contributed by atoms with Crippen molar-refractivity contribution in [1.29, 1.82) is 0 Å². The van der Waals surface area contributed by atoms with Gasteiger partial charge in [0, 0.05) is 38.6 Å². The van der Waals surface area contributed by atoms with Crippen LogP contribution in [-0.4, -0.2) is 53.4 Å². The van der Waals surface area contributed by atoms with E-state index in [0.29, 0.717) is 6.54 Å². The normalized spacial score (nSPS) is 17.8. The van der Waals surface area contributed by atoms with Gasteiger partial charge in [-0.15, -0.1) is 11.3 Å². The van der Waals surface area contributed by atoms with Crippen LogP contribution < -0.4 is 5.73 Å². The van der Waals surface area contributed by atoms with Crippen molar-refractivity contribution < 1.29 is 4.79 Å². The Morgan fingerprint density at radius 3 is 2.73 bits per heavy atom. The molecule has 0 aliphatic carbocycles. The number of benzene rings is 1. The third-order valence-electron chi connectivity index (χ3n) is 4.16. The van der Waals surface area contributed by atoms with Crippen LogP contribution >= 0.6 is 11.3 Å². The number of fused-ring (bicyclic) bond motifs is 1. The van der Waals surface area contributed by atoms with E-state index in [1.54, 1.807) is 11.3 Å². The SMILES string of the molecule is CC(CN)C(=O)N1CCN(Cc2nc3ccccc3s2)CC1. The zero-order valence-corrected chi connectivity index (χ0v) is 13.7. The van der Waals surface area contributed by atoms with Gasteiger partial charge in [-0.05, 0) is 12.1 Å². The van der Waals surface area contributed by atoms with E-state index in [0.717, 1.165) is 43.2 Å². The molecule has 118 valence electrons. The molecule has 1 aliphatic heterocycles. The molecule has 3 rings (SSSR count). The number of rotatable bonds is 4. The Hall–Kier alpha value is -1.50. The van der Waals surface area contributed by atoms with Crippen molar-refractivity contribution in [1.82, 2.24) is 14.8 Å². The quantitative estimate of drug-likeness (QED) is 0.929. The van der Waals surface area contributed by atoms with Gasteiger partial charge in [0.15, 0.2) is 0 Å². The molecule has 0 spiro atoms. The van der Waals surface area contributed by atoms with Gasteiger partial charge in [0.05, 0.1) is 16.8 Å². The Kier molecular flexibility index (Phi) is 4.71. The summed E-state index contributed by atoms with van der Waals surface area (Å²) >= 11 is 1.76. The van der Waals surface area contributed by atoms with Crippen LogP contribution in [0.4, 0.5) is 0 Å². The molecule has 2 aromatic rings. The van der Waals surface area contributed by atoms with Crippen molar-refractivity contribution in [3.63, 3.8) is 0 Å². The topological polar surface area (TPSA) is 62.5 Å². The van der Waals surface area contributed by atoms with Crippen molar-refractivity contribution in [2.24, 2.45) is 11.7 Å². The molecule has 0 radical (unpaired) electrons. The Balaban J connectivity index is 1.56. The van der Waals surface area contributed by atoms with E-state index in [4.69, 9.17) is 5.73 Å². The maximum atomic E-state index is 12.1. The fourth-order valence-corrected chi connectivity index (χ4v) is 3.73. The molecule has 2 heterocycles. The molecule has 0 bridgehead atoms. The van der Waals surface area contributed by atoms with Gasteiger partial charge >= 0.3 is 0 Å². The molecule has 1 atom stereocenters. The third kappa shape index (κ3) is 3.29. The average molecular weight is 318 g/mol. The van der Waals surface area contributed by atoms with E-state index in [2.05, 4.69) is 22.0 Å². The van der Waals surface area contributed by atoms with Crippen LogP contribution in [0.25, 0.3) is 10.2 Å². The lowest BCUT2D eigenvalue weighted by Gasteiger charge is -2.35. The first-order valence-electron chi connectivity index (χ1n) is 7.73. The zero-order chi connectivity index (χ0) is 15.5. The first kappa shape index (κ1) is 15.4. The van der Waals surface area contributed by atoms with Crippen LogP contribution in [0.2, 0.25) is 0 Å². The minimum absolute atomic E-state index is 0.0733. The lowest BCUT2D eigenvalue weighted by atomic mass is 10.1. The van der Waals surface area contributed by atoms with Gasteiger partial charge in [-0.2, -0.15) is 0 Å². The molecule has 1 fully saturated rings. The molecule has 6 heteroatoms. The second-order valence-corrected chi connectivity index (χ2v) is 6.93. The number of hydrogen-bond acceptors (Lipinski definition) is 5. The number of nitrogens with zero attached hydrogens (tertiary/aromatic N) is 3. The molecular formula is C16H22N4OS. The summed E-state index contributed by atoms with van der Waals surface area (Å²) in [6.45, 7) is 6.56. The summed E-state index contributed by atoms with van der Waals surface area (Å²) in [4.78, 5) is 21.1. The van der Waals surface area contributed by atoms with Crippen molar-refractivity contribution >= 4 is 27.5 Å². The van der Waals surface area contributed by atoms with Gasteiger partial charge in [0.25, 0.3) is 0 Å². The highest BCUT2D eigenvalue weighted by atomic mass is 32.1. The van der Waals surface area contributed by atoms with Gasteiger partial charge < -0.3 is 10.6 Å². The van der Waals surface area contributed by atoms with Crippen LogP contribution in [0.5, 0.6) is 0 Å². The minimum Gasteiger partial charge on any atom is -0.340 e. The summed E-state index contributed by atoms with van der Waals surface area (Å²) < 4.78 is 1.24. The Morgan fingerprint density at radius 1 is 1.32 bits per heavy atom. The summed E-state index contributed by atoms with van der Waals surface area (Å²) in [7, 11) is 0. The summed E-state index contributed by atoms with van der Waals surface area (Å²) in [5.41, 5.74) is 6.66. The predicted octanol–water partition coefficient (Wildman–Crippen LogP) is 1.54. The second kappa shape index (κ2) is 6.73. The Bertz CT molecular complexity index is 615. The number of nitrogens with two attached hydrogens (primary N) is 1. The minimum atomic E-state index is -0.0733. The van der Waals surface area contributed by atoms with Gasteiger partial charge in [-0.3, -0.25) is 9.69 Å². The van der Waals surface area contributed by atoms with Crippen LogP contribution in [-0.2, 0) is 11.3 Å². The molecule has 2 N–H and O–H groups in total. The number of thiazole rings is 1. The second-order valence-electron chi connectivity index (χ2n) is 5.81. The maximum Gasteiger partial charge on any atom is 0.226 e. The lowest BCUT2D eigenvalue weighted by Crippen LogP contribution is -2.50. The van der Waals surface area contributed by atoms with E-state index in [1.165, 1.54) is 4.70 Å². The highest BCUT2D eigenvalue weighted by molar-refractivity contribution is 7.18. The number of carbonyl (C=O) groups excluding carboxylic acids is 1. The molecule has 5 nitrogen and oxygen atoms in total. The number of piperazine rings is 1. The molecule has 0 saturated carbocycles. The highest BCUT2D eigenvalue weighted by Gasteiger charge is 2.24. The molecule has 22 heavy (non-hydrogen) atoms. The number of carbonyl (C=O) groups is 1. The molecule has 1 aromatic carbocycles. The van der Waals surface area contributed by atoms with E-state index in [1.807, 2.05) is 24.0 Å². The monoisotopic (exact) mass is 318 g/mol. The van der Waals surface area contributed by atoms with Crippen molar-refractivity contribution in [3.05, 3.63) is 29.3 Å². The standard InChI is InChI=1S/C16H22N4OS/c1-12(10-17)16(21)20-8-6-19(7-9-20)11-15-18-13-4-2-3-5-14(13)22-15/h2-5,12H,6-11,17H2,1H3. The number of amides is 1. The van der Waals surface area contributed by atoms with Gasteiger partial charge in [0.2, 0.25) is 5.91 Å². The van der Waals surface area contributed by atoms with Gasteiger partial charge in [-0.25, -0.2) is 4.98 Å². The predicted molar refractivity (Wildman–Crippen MR) is 89.7 cm³/mol. The largest absolute Gasteiger partial charge is 0.340 e. The molecule has 1 aromatic heterocycles. The molecule has 1 amide bonds. The Labute approximate surface area is 134 Å². The summed E-state index contributed by atoms with van der Waals surface area (Å²) in [5, 5.41) is 1.15. The van der Waals surface area contributed by atoms with Crippen LogP contribution in [0.3, 0.4) is 0 Å².